The van der Waals surface area contributed by atoms with Crippen molar-refractivity contribution in [3.05, 3.63) is 69.6 Å². The van der Waals surface area contributed by atoms with E-state index in [-0.39, 0.29) is 23.5 Å². The van der Waals surface area contributed by atoms with Gasteiger partial charge < -0.3 is 10.0 Å². The molecular formula is C20H21NO3S. The number of thiophene rings is 1. The molecule has 5 heteroatoms. The molecule has 2 aromatic rings. The highest BCUT2D eigenvalue weighted by molar-refractivity contribution is 7.10. The zero-order valence-electron chi connectivity index (χ0n) is 14.1. The van der Waals surface area contributed by atoms with E-state index >= 15 is 0 Å². The van der Waals surface area contributed by atoms with Gasteiger partial charge in [0.25, 0.3) is 5.91 Å². The van der Waals surface area contributed by atoms with Crippen LogP contribution < -0.4 is 0 Å². The molecule has 3 rings (SSSR count). The maximum absolute atomic E-state index is 12.8. The summed E-state index contributed by atoms with van der Waals surface area (Å²) in [5, 5.41) is 12.3. The summed E-state index contributed by atoms with van der Waals surface area (Å²) in [5.74, 6) is -0.986. The van der Waals surface area contributed by atoms with Gasteiger partial charge >= 0.3 is 0 Å². The molecule has 0 spiro atoms. The van der Waals surface area contributed by atoms with Gasteiger partial charge in [0.05, 0.1) is 11.6 Å². The molecule has 1 aromatic carbocycles. The van der Waals surface area contributed by atoms with E-state index < -0.39 is 11.9 Å². The van der Waals surface area contributed by atoms with Gasteiger partial charge in [0.2, 0.25) is 0 Å². The minimum atomic E-state index is -0.462. The van der Waals surface area contributed by atoms with Crippen molar-refractivity contribution >= 4 is 23.0 Å². The quantitative estimate of drug-likeness (QED) is 0.815. The molecule has 0 bridgehead atoms. The summed E-state index contributed by atoms with van der Waals surface area (Å²) in [6.45, 7) is 2.49. The summed E-state index contributed by atoms with van der Waals surface area (Å²) in [6.07, 6.45) is 1.64. The zero-order valence-corrected chi connectivity index (χ0v) is 15.0. The van der Waals surface area contributed by atoms with Crippen molar-refractivity contribution in [1.82, 2.24) is 4.90 Å². The van der Waals surface area contributed by atoms with Gasteiger partial charge in [-0.2, -0.15) is 0 Å². The first kappa shape index (κ1) is 17.4. The number of rotatable bonds is 7. The second-order valence-corrected chi connectivity index (χ2v) is 7.07. The fourth-order valence-electron chi connectivity index (χ4n) is 3.19. The van der Waals surface area contributed by atoms with Gasteiger partial charge in [0.15, 0.2) is 11.5 Å². The van der Waals surface area contributed by atoms with Crippen molar-refractivity contribution in [2.24, 2.45) is 0 Å². The third-order valence-corrected chi connectivity index (χ3v) is 5.29. The van der Waals surface area contributed by atoms with E-state index in [2.05, 4.69) is 0 Å². The van der Waals surface area contributed by atoms with E-state index in [1.54, 1.807) is 4.90 Å². The summed E-state index contributed by atoms with van der Waals surface area (Å²) in [5.41, 5.74) is 1.31. The number of nitrogens with zero attached hydrogens (tertiary/aromatic N) is 1. The van der Waals surface area contributed by atoms with Crippen molar-refractivity contribution in [3.63, 3.8) is 0 Å². The molecule has 0 saturated carbocycles. The zero-order chi connectivity index (χ0) is 17.8. The van der Waals surface area contributed by atoms with Gasteiger partial charge in [-0.25, -0.2) is 0 Å². The molecule has 1 aliphatic rings. The van der Waals surface area contributed by atoms with Gasteiger partial charge in [0.1, 0.15) is 0 Å². The Bertz CT molecular complexity index is 781. The molecule has 1 unspecified atom stereocenters. The van der Waals surface area contributed by atoms with E-state index in [0.29, 0.717) is 13.0 Å². The van der Waals surface area contributed by atoms with Crippen LogP contribution in [0, 0.1) is 0 Å². The first-order valence-electron chi connectivity index (χ1n) is 8.48. The first-order valence-corrected chi connectivity index (χ1v) is 9.36. The molecule has 1 atom stereocenters. The van der Waals surface area contributed by atoms with E-state index in [1.807, 2.05) is 54.8 Å². The molecule has 130 valence electrons. The fraction of sp³-hybridized carbons (Fsp3) is 0.300. The summed E-state index contributed by atoms with van der Waals surface area (Å²) in [7, 11) is 0. The van der Waals surface area contributed by atoms with Crippen molar-refractivity contribution in [2.75, 3.05) is 6.54 Å². The Morgan fingerprint density at radius 3 is 2.60 bits per heavy atom. The molecule has 4 nitrogen and oxygen atoms in total. The molecule has 1 amide bonds. The topological polar surface area (TPSA) is 57.6 Å². The maximum atomic E-state index is 12.8. The van der Waals surface area contributed by atoms with Crippen molar-refractivity contribution < 1.29 is 14.7 Å². The van der Waals surface area contributed by atoms with E-state index in [0.717, 1.165) is 16.9 Å². The summed E-state index contributed by atoms with van der Waals surface area (Å²) in [4.78, 5) is 27.8. The number of ketones is 1. The smallest absolute Gasteiger partial charge is 0.290 e. The number of aliphatic hydroxyl groups excluding tert-OH is 1. The van der Waals surface area contributed by atoms with Gasteiger partial charge in [-0.15, -0.1) is 11.3 Å². The Morgan fingerprint density at radius 1 is 1.20 bits per heavy atom. The number of hydrogen-bond acceptors (Lipinski definition) is 4. The van der Waals surface area contributed by atoms with Crippen LogP contribution in [-0.4, -0.2) is 28.2 Å². The second kappa shape index (κ2) is 7.66. The number of amides is 1. The lowest BCUT2D eigenvalue weighted by molar-refractivity contribution is -0.129. The van der Waals surface area contributed by atoms with E-state index in [4.69, 9.17) is 0 Å². The Hall–Kier alpha value is -2.40. The van der Waals surface area contributed by atoms with Gasteiger partial charge in [-0.05, 0) is 29.9 Å². The standard InChI is InChI=1S/C20H21NO3S/c1-2-12-21-18(16-9-6-13-25-16)17(19(23)20(21)24)15(22)11-10-14-7-4-3-5-8-14/h3-9,13,18,23H,2,10-12H2,1H3. The van der Waals surface area contributed by atoms with Crippen LogP contribution in [0.5, 0.6) is 0 Å². The number of Topliss-reactive ketones (excluding diaryl/α,β-unsaturated/α-hetero) is 1. The highest BCUT2D eigenvalue weighted by atomic mass is 32.1. The second-order valence-electron chi connectivity index (χ2n) is 6.09. The SMILES string of the molecule is CCCN1C(=O)C(O)=C(C(=O)CCc2ccccc2)C1c1cccs1. The molecule has 0 radical (unpaired) electrons. The minimum Gasteiger partial charge on any atom is -0.503 e. The Balaban J connectivity index is 1.85. The first-order chi connectivity index (χ1) is 12.1. The average Bonchev–Trinajstić information content (AvgIpc) is 3.23. The predicted octanol–water partition coefficient (Wildman–Crippen LogP) is 4.06. The Labute approximate surface area is 151 Å². The van der Waals surface area contributed by atoms with Crippen LogP contribution in [0.25, 0.3) is 0 Å². The lowest BCUT2D eigenvalue weighted by Gasteiger charge is -2.25. The van der Waals surface area contributed by atoms with E-state index in [1.165, 1.54) is 11.3 Å². The van der Waals surface area contributed by atoms with Crippen molar-refractivity contribution in [3.8, 4) is 0 Å². The number of carbonyl (C=O) groups excluding carboxylic acids is 2. The summed E-state index contributed by atoms with van der Waals surface area (Å²) in [6, 6.07) is 13.1. The largest absolute Gasteiger partial charge is 0.503 e. The molecular weight excluding hydrogens is 334 g/mol. The molecule has 25 heavy (non-hydrogen) atoms. The number of aryl methyl sites for hydroxylation is 1. The van der Waals surface area contributed by atoms with Crippen molar-refractivity contribution in [2.45, 2.75) is 32.2 Å². The van der Waals surface area contributed by atoms with Crippen LogP contribution in [0.1, 0.15) is 36.2 Å². The fourth-order valence-corrected chi connectivity index (χ4v) is 4.04. The van der Waals surface area contributed by atoms with Gasteiger partial charge in [-0.3, -0.25) is 9.59 Å². The summed E-state index contributed by atoms with van der Waals surface area (Å²) >= 11 is 1.50. The maximum Gasteiger partial charge on any atom is 0.290 e. The molecule has 2 heterocycles. The van der Waals surface area contributed by atoms with Crippen LogP contribution in [0.15, 0.2) is 59.2 Å². The predicted molar refractivity (Wildman–Crippen MR) is 98.5 cm³/mol. The molecule has 0 saturated heterocycles. The van der Waals surface area contributed by atoms with Crippen LogP contribution in [0.2, 0.25) is 0 Å². The molecule has 0 aliphatic carbocycles. The number of aliphatic hydroxyl groups is 1. The number of carbonyl (C=O) groups is 2. The Kier molecular flexibility index (Phi) is 5.34. The average molecular weight is 355 g/mol. The highest BCUT2D eigenvalue weighted by Gasteiger charge is 2.43. The van der Waals surface area contributed by atoms with E-state index in [9.17, 15) is 14.7 Å². The van der Waals surface area contributed by atoms with Crippen LogP contribution in [-0.2, 0) is 16.0 Å². The third kappa shape index (κ3) is 3.51. The molecule has 1 N–H and O–H groups in total. The lowest BCUT2D eigenvalue weighted by atomic mass is 9.97. The van der Waals surface area contributed by atoms with Crippen LogP contribution in [0.4, 0.5) is 0 Å². The van der Waals surface area contributed by atoms with Crippen LogP contribution in [0.3, 0.4) is 0 Å². The summed E-state index contributed by atoms with van der Waals surface area (Å²) < 4.78 is 0. The normalized spacial score (nSPS) is 17.4. The van der Waals surface area contributed by atoms with Crippen LogP contribution >= 0.6 is 11.3 Å². The number of benzene rings is 1. The lowest BCUT2D eigenvalue weighted by Crippen LogP contribution is -2.31. The van der Waals surface area contributed by atoms with Crippen molar-refractivity contribution in [1.29, 1.82) is 0 Å². The monoisotopic (exact) mass is 355 g/mol. The van der Waals surface area contributed by atoms with Gasteiger partial charge in [0, 0.05) is 17.8 Å². The number of hydrogen-bond donors (Lipinski definition) is 1. The Morgan fingerprint density at radius 2 is 1.96 bits per heavy atom. The van der Waals surface area contributed by atoms with Gasteiger partial charge in [-0.1, -0.05) is 43.3 Å². The highest BCUT2D eigenvalue weighted by Crippen LogP contribution is 2.40. The molecule has 0 fully saturated rings. The third-order valence-electron chi connectivity index (χ3n) is 4.36. The molecule has 1 aromatic heterocycles. The minimum absolute atomic E-state index is 0.160. The molecule has 1 aliphatic heterocycles.